The Balaban J connectivity index is 2.63. The number of hydrogen-bond donors (Lipinski definition) is 0. The average Bonchev–Trinajstić information content (AvgIpc) is 1.35. The van der Waals surface area contributed by atoms with Gasteiger partial charge in [0.2, 0.25) is 0 Å². The van der Waals surface area contributed by atoms with E-state index in [0.29, 0.717) is 3.92 Å². The fraction of sp³-hybridized carbons (Fsp3) is 0.750. The second kappa shape index (κ2) is 4.37. The van der Waals surface area contributed by atoms with Crippen LogP contribution in [0.1, 0.15) is 6.42 Å². The van der Waals surface area contributed by atoms with Crippen LogP contribution in [0.4, 0.5) is 0 Å². The van der Waals surface area contributed by atoms with E-state index in [4.69, 9.17) is 0 Å². The van der Waals surface area contributed by atoms with E-state index in [2.05, 4.69) is 45.4 Å². The van der Waals surface area contributed by atoms with Gasteiger partial charge in [-0.2, -0.15) is 0 Å². The fourth-order valence-corrected chi connectivity index (χ4v) is 1.84. The first-order valence-electron chi connectivity index (χ1n) is 1.80. The molecule has 2 heteroatoms. The zero-order valence-corrected chi connectivity index (χ0v) is 7.20. The Morgan fingerprint density at radius 1 is 1.83 bits per heavy atom. The highest BCUT2D eigenvalue weighted by atomic mass is 127. The molecule has 0 rings (SSSR count). The first-order chi connectivity index (χ1) is 2.77. The molecule has 0 amide bonds. The van der Waals surface area contributed by atoms with Crippen LogP contribution >= 0.6 is 38.5 Å². The van der Waals surface area contributed by atoms with E-state index in [0.717, 1.165) is 5.33 Å². The predicted octanol–water partition coefficient (Wildman–Crippen LogP) is 2.41. The minimum Gasteiger partial charge on any atom is -0.0928 e. The van der Waals surface area contributed by atoms with Crippen molar-refractivity contribution in [2.75, 3.05) is 5.33 Å². The van der Waals surface area contributed by atoms with Crippen LogP contribution in [0.2, 0.25) is 0 Å². The Morgan fingerprint density at radius 2 is 2.33 bits per heavy atom. The van der Waals surface area contributed by atoms with Crippen molar-refractivity contribution in [3.8, 4) is 0 Å². The molecule has 0 nitrogen and oxygen atoms in total. The van der Waals surface area contributed by atoms with E-state index < -0.39 is 0 Å². The Morgan fingerprint density at radius 3 is 2.33 bits per heavy atom. The van der Waals surface area contributed by atoms with Gasteiger partial charge in [0.05, 0.1) is 0 Å². The van der Waals surface area contributed by atoms with E-state index in [1.165, 1.54) is 6.42 Å². The summed E-state index contributed by atoms with van der Waals surface area (Å²) in [6.07, 6.45) is 1.17. The molecule has 0 bridgehead atoms. The summed E-state index contributed by atoms with van der Waals surface area (Å²) in [5.41, 5.74) is 0. The van der Waals surface area contributed by atoms with Crippen molar-refractivity contribution < 1.29 is 0 Å². The van der Waals surface area contributed by atoms with Crippen molar-refractivity contribution in [3.63, 3.8) is 0 Å². The standard InChI is InChI=1S/C4H7BrI/c1-4(6)2-3-5/h4H,1-3H2. The molecular weight excluding hydrogens is 255 g/mol. The second-order valence-electron chi connectivity index (χ2n) is 1.07. The molecule has 6 heavy (non-hydrogen) atoms. The van der Waals surface area contributed by atoms with E-state index in [9.17, 15) is 0 Å². The van der Waals surface area contributed by atoms with Crippen LogP contribution in [0, 0.1) is 6.92 Å². The van der Waals surface area contributed by atoms with Gasteiger partial charge in [0.1, 0.15) is 0 Å². The first-order valence-corrected chi connectivity index (χ1v) is 4.17. The number of rotatable bonds is 2. The predicted molar refractivity (Wildman–Crippen MR) is 41.6 cm³/mol. The molecule has 0 aliphatic carbocycles. The lowest BCUT2D eigenvalue weighted by atomic mass is 10.4. The van der Waals surface area contributed by atoms with Gasteiger partial charge in [0.15, 0.2) is 0 Å². The van der Waals surface area contributed by atoms with Crippen LogP contribution < -0.4 is 0 Å². The van der Waals surface area contributed by atoms with Crippen molar-refractivity contribution >= 4 is 38.5 Å². The quantitative estimate of drug-likeness (QED) is 0.529. The lowest BCUT2D eigenvalue weighted by Gasteiger charge is -1.92. The topological polar surface area (TPSA) is 0 Å². The third kappa shape index (κ3) is 5.21. The highest BCUT2D eigenvalue weighted by molar-refractivity contribution is 14.1. The van der Waals surface area contributed by atoms with Gasteiger partial charge >= 0.3 is 0 Å². The van der Waals surface area contributed by atoms with Crippen LogP contribution in [-0.4, -0.2) is 9.25 Å². The Kier molecular flexibility index (Phi) is 5.25. The third-order valence-corrected chi connectivity index (χ3v) is 1.50. The first kappa shape index (κ1) is 7.21. The third-order valence-electron chi connectivity index (χ3n) is 0.422. The number of halogens is 2. The van der Waals surface area contributed by atoms with Crippen LogP contribution in [0.3, 0.4) is 0 Å². The molecular formula is C4H7BrI. The van der Waals surface area contributed by atoms with Crippen molar-refractivity contribution in [1.29, 1.82) is 0 Å². The summed E-state index contributed by atoms with van der Waals surface area (Å²) in [4.78, 5) is 0. The minimum atomic E-state index is 0.571. The zero-order valence-electron chi connectivity index (χ0n) is 3.45. The number of alkyl halides is 2. The molecule has 0 fully saturated rings. The summed E-state index contributed by atoms with van der Waals surface area (Å²) in [7, 11) is 0. The zero-order chi connectivity index (χ0) is 4.99. The molecule has 1 unspecified atom stereocenters. The molecule has 37 valence electrons. The van der Waals surface area contributed by atoms with Gasteiger partial charge < -0.3 is 0 Å². The second-order valence-corrected chi connectivity index (χ2v) is 3.63. The van der Waals surface area contributed by atoms with Crippen LogP contribution in [-0.2, 0) is 0 Å². The molecule has 0 aromatic rings. The maximum atomic E-state index is 3.78. The van der Waals surface area contributed by atoms with Crippen LogP contribution in [0.25, 0.3) is 0 Å². The fourth-order valence-electron chi connectivity index (χ4n) is 0.118. The average molecular weight is 262 g/mol. The molecule has 0 heterocycles. The summed E-state index contributed by atoms with van der Waals surface area (Å²) in [6, 6.07) is 0. The number of hydrogen-bond acceptors (Lipinski definition) is 0. The SMILES string of the molecule is [CH2]C(I)CCBr. The molecule has 1 atom stereocenters. The van der Waals surface area contributed by atoms with E-state index >= 15 is 0 Å². The van der Waals surface area contributed by atoms with E-state index in [1.807, 2.05) is 0 Å². The van der Waals surface area contributed by atoms with Crippen molar-refractivity contribution in [1.82, 2.24) is 0 Å². The lowest BCUT2D eigenvalue weighted by Crippen LogP contribution is -1.87. The lowest BCUT2D eigenvalue weighted by molar-refractivity contribution is 1.03. The summed E-state index contributed by atoms with van der Waals surface area (Å²) < 4.78 is 0.571. The maximum absolute atomic E-state index is 3.78. The summed E-state index contributed by atoms with van der Waals surface area (Å²) in [6.45, 7) is 3.78. The molecule has 0 aliphatic heterocycles. The molecule has 0 aromatic heterocycles. The van der Waals surface area contributed by atoms with Crippen molar-refractivity contribution in [2.24, 2.45) is 0 Å². The molecule has 0 saturated heterocycles. The van der Waals surface area contributed by atoms with E-state index in [1.54, 1.807) is 0 Å². The van der Waals surface area contributed by atoms with Gasteiger partial charge in [0.25, 0.3) is 0 Å². The summed E-state index contributed by atoms with van der Waals surface area (Å²) in [5, 5.41) is 1.07. The van der Waals surface area contributed by atoms with Crippen LogP contribution in [0.5, 0.6) is 0 Å². The monoisotopic (exact) mass is 261 g/mol. The van der Waals surface area contributed by atoms with E-state index in [-0.39, 0.29) is 0 Å². The molecule has 0 saturated carbocycles. The Hall–Kier alpha value is 1.21. The highest BCUT2D eigenvalue weighted by Gasteiger charge is 1.89. The van der Waals surface area contributed by atoms with Gasteiger partial charge in [-0.05, 0) is 13.3 Å². The van der Waals surface area contributed by atoms with Crippen LogP contribution in [0.15, 0.2) is 0 Å². The molecule has 0 aromatic carbocycles. The van der Waals surface area contributed by atoms with Crippen molar-refractivity contribution in [3.05, 3.63) is 6.92 Å². The molecule has 0 aliphatic rings. The van der Waals surface area contributed by atoms with Gasteiger partial charge in [0, 0.05) is 9.25 Å². The molecule has 0 spiro atoms. The smallest absolute Gasteiger partial charge is 0.0118 e. The summed E-state index contributed by atoms with van der Waals surface area (Å²) in [5.74, 6) is 0. The summed E-state index contributed by atoms with van der Waals surface area (Å²) >= 11 is 5.61. The minimum absolute atomic E-state index is 0.571. The largest absolute Gasteiger partial charge is 0.0928 e. The maximum Gasteiger partial charge on any atom is 0.0118 e. The van der Waals surface area contributed by atoms with Gasteiger partial charge in [-0.3, -0.25) is 0 Å². The molecule has 0 N–H and O–H groups in total. The van der Waals surface area contributed by atoms with Gasteiger partial charge in [-0.15, -0.1) is 0 Å². The van der Waals surface area contributed by atoms with Crippen molar-refractivity contribution in [2.45, 2.75) is 10.3 Å². The van der Waals surface area contributed by atoms with Gasteiger partial charge in [-0.25, -0.2) is 0 Å². The normalized spacial score (nSPS) is 14.5. The Bertz CT molecular complexity index is 28.7. The van der Waals surface area contributed by atoms with Gasteiger partial charge in [-0.1, -0.05) is 38.5 Å². The Labute approximate surface area is 61.0 Å². The highest BCUT2D eigenvalue weighted by Crippen LogP contribution is 2.04. The molecule has 1 radical (unpaired) electrons.